The van der Waals surface area contributed by atoms with E-state index in [4.69, 9.17) is 16.3 Å². The molecule has 0 unspecified atom stereocenters. The molecule has 3 aromatic rings. The van der Waals surface area contributed by atoms with Crippen LogP contribution in [0.15, 0.2) is 71.9 Å². The summed E-state index contributed by atoms with van der Waals surface area (Å²) in [7, 11) is -0.864. The first-order valence-electron chi connectivity index (χ1n) is 10.3. The number of sulfonamides is 1. The summed E-state index contributed by atoms with van der Waals surface area (Å²) in [4.78, 5) is 18.0. The fourth-order valence-electron chi connectivity index (χ4n) is 3.28. The lowest BCUT2D eigenvalue weighted by Gasteiger charge is -2.24. The number of aromatic nitrogens is 1. The average molecular weight is 561 g/mol. The van der Waals surface area contributed by atoms with Gasteiger partial charge in [-0.15, -0.1) is 24.8 Å². The third-order valence-electron chi connectivity index (χ3n) is 5.18. The van der Waals surface area contributed by atoms with Gasteiger partial charge in [0.1, 0.15) is 0 Å². The maximum Gasteiger partial charge on any atom is 0.319 e. The summed E-state index contributed by atoms with van der Waals surface area (Å²) in [6, 6.07) is 14.2. The van der Waals surface area contributed by atoms with Crippen molar-refractivity contribution in [3.8, 4) is 0 Å². The summed E-state index contributed by atoms with van der Waals surface area (Å²) >= 11 is 5.91. The van der Waals surface area contributed by atoms with Crippen molar-refractivity contribution in [1.82, 2.24) is 14.2 Å². The number of hydrogen-bond acceptors (Lipinski definition) is 6. The van der Waals surface area contributed by atoms with Crippen molar-refractivity contribution >= 4 is 69.3 Å². The summed E-state index contributed by atoms with van der Waals surface area (Å²) in [5.41, 5.74) is 0.975. The van der Waals surface area contributed by atoms with Crippen LogP contribution in [-0.4, -0.2) is 68.9 Å². The Morgan fingerprint density at radius 2 is 1.80 bits per heavy atom. The van der Waals surface area contributed by atoms with Crippen molar-refractivity contribution in [3.63, 3.8) is 0 Å². The summed E-state index contributed by atoms with van der Waals surface area (Å²) < 4.78 is 32.6. The van der Waals surface area contributed by atoms with Crippen LogP contribution in [0.1, 0.15) is 5.56 Å². The van der Waals surface area contributed by atoms with E-state index in [1.54, 1.807) is 42.7 Å². The van der Waals surface area contributed by atoms with Crippen molar-refractivity contribution in [2.45, 2.75) is 4.90 Å². The molecule has 35 heavy (non-hydrogen) atoms. The molecule has 0 aliphatic carbocycles. The smallest absolute Gasteiger partial charge is 0.319 e. The molecule has 0 saturated heterocycles. The predicted molar refractivity (Wildman–Crippen MR) is 145 cm³/mol. The number of nitrogens with zero attached hydrogens (tertiary/aromatic N) is 3. The number of pyridine rings is 1. The molecule has 3 rings (SSSR count). The van der Waals surface area contributed by atoms with Gasteiger partial charge in [-0.25, -0.2) is 8.42 Å². The van der Waals surface area contributed by atoms with E-state index in [2.05, 4.69) is 4.98 Å². The first-order chi connectivity index (χ1) is 15.8. The Hall–Kier alpha value is -2.20. The lowest BCUT2D eigenvalue weighted by atomic mass is 10.2. The molecule has 190 valence electrons. The van der Waals surface area contributed by atoms with Gasteiger partial charge >= 0.3 is 5.97 Å². The maximum absolute atomic E-state index is 13.2. The van der Waals surface area contributed by atoms with Crippen LogP contribution < -0.4 is 0 Å². The molecule has 2 aromatic carbocycles. The Balaban J connectivity index is 0.00000306. The predicted octanol–water partition coefficient (Wildman–Crippen LogP) is 4.54. The summed E-state index contributed by atoms with van der Waals surface area (Å²) in [6.45, 7) is 1.05. The van der Waals surface area contributed by atoms with Crippen LogP contribution in [0.3, 0.4) is 0 Å². The Bertz CT molecular complexity index is 1230. The van der Waals surface area contributed by atoms with Crippen LogP contribution in [0.5, 0.6) is 0 Å². The van der Waals surface area contributed by atoms with Crippen LogP contribution in [0.4, 0.5) is 0 Å². The Morgan fingerprint density at radius 1 is 1.09 bits per heavy atom. The average Bonchev–Trinajstić information content (AvgIpc) is 2.82. The molecular weight excluding hydrogens is 533 g/mol. The van der Waals surface area contributed by atoms with Crippen LogP contribution in [-0.2, 0) is 19.6 Å². The van der Waals surface area contributed by atoms with Crippen LogP contribution >= 0.6 is 36.4 Å². The minimum Gasteiger partial charge on any atom is -0.468 e. The van der Waals surface area contributed by atoms with E-state index < -0.39 is 10.0 Å². The number of benzene rings is 2. The van der Waals surface area contributed by atoms with E-state index in [1.807, 2.05) is 35.3 Å². The second-order valence-corrected chi connectivity index (χ2v) is 9.89. The molecule has 11 heteroatoms. The molecule has 0 bridgehead atoms. The molecule has 1 aromatic heterocycles. The molecule has 0 radical (unpaired) electrons. The zero-order valence-electron chi connectivity index (χ0n) is 19.3. The molecule has 0 spiro atoms. The fraction of sp³-hybridized carbons (Fsp3) is 0.250. The maximum atomic E-state index is 13.2. The third-order valence-corrected chi connectivity index (χ3v) is 7.35. The number of hydrogen-bond donors (Lipinski definition) is 0. The standard InChI is InChI=1S/C24H26ClN3O4S.2ClH/c1-27(33(30,31)23-7-3-6-20-17-26-13-12-22(20)23)15-16-28(18-24(29)32-2)14-4-5-19-8-10-21(25)11-9-19;;/h3-13,17H,14-16,18H2,1-2H3;2*1H. The fourth-order valence-corrected chi connectivity index (χ4v) is 4.78. The molecule has 0 fully saturated rings. The number of fused-ring (bicyclic) bond motifs is 1. The van der Waals surface area contributed by atoms with Gasteiger partial charge in [0, 0.05) is 54.9 Å². The molecule has 0 atom stereocenters. The molecule has 0 N–H and O–H groups in total. The van der Waals surface area contributed by atoms with Gasteiger partial charge in [0.05, 0.1) is 18.6 Å². The van der Waals surface area contributed by atoms with Gasteiger partial charge in [0.2, 0.25) is 10.0 Å². The quantitative estimate of drug-likeness (QED) is 0.339. The van der Waals surface area contributed by atoms with Crippen LogP contribution in [0.25, 0.3) is 16.8 Å². The molecule has 7 nitrogen and oxygen atoms in total. The number of carbonyl (C=O) groups is 1. The highest BCUT2D eigenvalue weighted by Gasteiger charge is 2.23. The van der Waals surface area contributed by atoms with Gasteiger partial charge in [0.15, 0.2) is 0 Å². The molecule has 0 saturated carbocycles. The number of carbonyl (C=O) groups excluding carboxylic acids is 1. The van der Waals surface area contributed by atoms with Crippen molar-refractivity contribution < 1.29 is 17.9 Å². The monoisotopic (exact) mass is 559 g/mol. The third kappa shape index (κ3) is 8.45. The van der Waals surface area contributed by atoms with Crippen LogP contribution in [0.2, 0.25) is 5.02 Å². The highest BCUT2D eigenvalue weighted by molar-refractivity contribution is 7.89. The van der Waals surface area contributed by atoms with E-state index in [0.29, 0.717) is 23.5 Å². The van der Waals surface area contributed by atoms with Crippen LogP contribution in [0, 0.1) is 0 Å². The summed E-state index contributed by atoms with van der Waals surface area (Å²) in [5, 5.41) is 2.04. The SMILES string of the molecule is COC(=O)CN(CC=Cc1ccc(Cl)cc1)CCN(C)S(=O)(=O)c1cccc2cnccc12.Cl.Cl. The highest BCUT2D eigenvalue weighted by Crippen LogP contribution is 2.24. The Morgan fingerprint density at radius 3 is 2.49 bits per heavy atom. The number of likely N-dealkylation sites (N-methyl/N-ethyl adjacent to an activating group) is 1. The molecular formula is C24H28Cl3N3O4S. The zero-order chi connectivity index (χ0) is 23.8. The van der Waals surface area contributed by atoms with Gasteiger partial charge in [-0.05, 0) is 29.8 Å². The van der Waals surface area contributed by atoms with Gasteiger partial charge in [-0.2, -0.15) is 4.31 Å². The van der Waals surface area contributed by atoms with E-state index in [9.17, 15) is 13.2 Å². The van der Waals surface area contributed by atoms with E-state index in [1.165, 1.54) is 18.5 Å². The molecule has 0 amide bonds. The largest absolute Gasteiger partial charge is 0.468 e. The zero-order valence-corrected chi connectivity index (χ0v) is 22.5. The van der Waals surface area contributed by atoms with Crippen molar-refractivity contribution in [2.75, 3.05) is 40.3 Å². The Kier molecular flexibility index (Phi) is 12.7. The Labute approximate surface area is 223 Å². The lowest BCUT2D eigenvalue weighted by molar-refractivity contribution is -0.141. The van der Waals surface area contributed by atoms with Crippen molar-refractivity contribution in [3.05, 3.63) is 77.6 Å². The van der Waals surface area contributed by atoms with Gasteiger partial charge < -0.3 is 4.74 Å². The highest BCUT2D eigenvalue weighted by atomic mass is 35.5. The number of ether oxygens (including phenoxy) is 1. The topological polar surface area (TPSA) is 79.8 Å². The molecule has 0 aliphatic rings. The first kappa shape index (κ1) is 30.8. The second kappa shape index (κ2) is 14.4. The second-order valence-electron chi connectivity index (χ2n) is 7.44. The summed E-state index contributed by atoms with van der Waals surface area (Å²) in [5.74, 6) is -0.387. The van der Waals surface area contributed by atoms with E-state index in [-0.39, 0.29) is 48.8 Å². The number of rotatable bonds is 10. The number of halogens is 3. The number of esters is 1. The van der Waals surface area contributed by atoms with E-state index >= 15 is 0 Å². The molecule has 0 aliphatic heterocycles. The van der Waals surface area contributed by atoms with Crippen molar-refractivity contribution in [1.29, 1.82) is 0 Å². The van der Waals surface area contributed by atoms with Crippen molar-refractivity contribution in [2.24, 2.45) is 0 Å². The minimum atomic E-state index is -3.73. The summed E-state index contributed by atoms with van der Waals surface area (Å²) in [6.07, 6.45) is 7.05. The lowest BCUT2D eigenvalue weighted by Crippen LogP contribution is -2.39. The normalized spacial score (nSPS) is 11.5. The number of methoxy groups -OCH3 is 1. The molecule has 1 heterocycles. The van der Waals surface area contributed by atoms with Gasteiger partial charge in [-0.1, -0.05) is 48.0 Å². The van der Waals surface area contributed by atoms with E-state index in [0.717, 1.165) is 10.9 Å². The van der Waals surface area contributed by atoms with Gasteiger partial charge in [0.25, 0.3) is 0 Å². The minimum absolute atomic E-state index is 0. The first-order valence-corrected chi connectivity index (χ1v) is 12.1. The van der Waals surface area contributed by atoms with Gasteiger partial charge in [-0.3, -0.25) is 14.7 Å².